The van der Waals surface area contributed by atoms with E-state index >= 15 is 0 Å². The Kier molecular flexibility index (Phi) is 3.71. The summed E-state index contributed by atoms with van der Waals surface area (Å²) in [5.74, 6) is 0. The van der Waals surface area contributed by atoms with Crippen molar-refractivity contribution in [2.24, 2.45) is 0 Å². The van der Waals surface area contributed by atoms with Gasteiger partial charge in [0.25, 0.3) is 0 Å². The lowest BCUT2D eigenvalue weighted by Gasteiger charge is -2.05. The van der Waals surface area contributed by atoms with Crippen LogP contribution < -0.4 is 5.32 Å². The first-order chi connectivity index (χ1) is 7.42. The zero-order chi connectivity index (χ0) is 10.5. The van der Waals surface area contributed by atoms with Crippen molar-refractivity contribution in [2.75, 3.05) is 19.8 Å². The van der Waals surface area contributed by atoms with Crippen LogP contribution >= 0.6 is 0 Å². The molecule has 0 unspecified atom stereocenters. The van der Waals surface area contributed by atoms with E-state index in [1.54, 1.807) is 0 Å². The fraction of sp³-hybridized carbons (Fsp3) is 0.700. The molecule has 0 aliphatic carbocycles. The van der Waals surface area contributed by atoms with E-state index < -0.39 is 0 Å². The molecule has 5 nitrogen and oxygen atoms in total. The van der Waals surface area contributed by atoms with Crippen LogP contribution in [0.15, 0.2) is 6.33 Å². The summed E-state index contributed by atoms with van der Waals surface area (Å²) >= 11 is 0. The first kappa shape index (κ1) is 10.6. The number of hydrogen-bond acceptors (Lipinski definition) is 4. The van der Waals surface area contributed by atoms with E-state index in [4.69, 9.17) is 9.84 Å². The van der Waals surface area contributed by atoms with Gasteiger partial charge in [-0.1, -0.05) is 0 Å². The minimum absolute atomic E-state index is 0.0638. The average molecular weight is 211 g/mol. The van der Waals surface area contributed by atoms with E-state index in [9.17, 15) is 0 Å². The van der Waals surface area contributed by atoms with Gasteiger partial charge in [0.2, 0.25) is 0 Å². The topological polar surface area (TPSA) is 59.3 Å². The molecule has 0 bridgehead atoms. The maximum atomic E-state index is 8.62. The minimum Gasteiger partial charge on any atom is -0.394 e. The average Bonchev–Trinajstić information content (AvgIpc) is 2.50. The van der Waals surface area contributed by atoms with Gasteiger partial charge in [0.05, 0.1) is 37.5 Å². The van der Waals surface area contributed by atoms with Gasteiger partial charge < -0.3 is 19.7 Å². The van der Waals surface area contributed by atoms with Gasteiger partial charge in [-0.25, -0.2) is 4.98 Å². The van der Waals surface area contributed by atoms with E-state index in [1.165, 1.54) is 5.69 Å². The number of fused-ring (bicyclic) bond motifs is 1. The second-order valence-electron chi connectivity index (χ2n) is 3.64. The third-order valence-corrected chi connectivity index (χ3v) is 2.55. The number of rotatable bonds is 4. The Morgan fingerprint density at radius 1 is 1.60 bits per heavy atom. The van der Waals surface area contributed by atoms with Gasteiger partial charge in [-0.15, -0.1) is 0 Å². The fourth-order valence-electron chi connectivity index (χ4n) is 1.78. The maximum absolute atomic E-state index is 8.62. The van der Waals surface area contributed by atoms with Crippen molar-refractivity contribution < 1.29 is 9.84 Å². The Hall–Kier alpha value is -0.910. The highest BCUT2D eigenvalue weighted by Gasteiger charge is 2.12. The third-order valence-electron chi connectivity index (χ3n) is 2.55. The first-order valence-corrected chi connectivity index (χ1v) is 5.34. The first-order valence-electron chi connectivity index (χ1n) is 5.34. The SMILES string of the molecule is OCCOCc1ncn2c1CNCCC2. The van der Waals surface area contributed by atoms with Gasteiger partial charge in [0, 0.05) is 13.1 Å². The molecule has 0 spiro atoms. The van der Waals surface area contributed by atoms with Crippen LogP contribution in [0.2, 0.25) is 0 Å². The molecule has 1 aliphatic rings. The summed E-state index contributed by atoms with van der Waals surface area (Å²) in [5, 5.41) is 12.0. The van der Waals surface area contributed by atoms with Crippen molar-refractivity contribution in [3.05, 3.63) is 17.7 Å². The summed E-state index contributed by atoms with van der Waals surface area (Å²) < 4.78 is 7.46. The van der Waals surface area contributed by atoms with E-state index in [2.05, 4.69) is 14.9 Å². The van der Waals surface area contributed by atoms with Crippen LogP contribution in [0.25, 0.3) is 0 Å². The Balaban J connectivity index is 2.01. The quantitative estimate of drug-likeness (QED) is 0.682. The lowest BCUT2D eigenvalue weighted by molar-refractivity contribution is 0.0794. The molecule has 1 aliphatic heterocycles. The molecule has 84 valence electrons. The lowest BCUT2D eigenvalue weighted by Crippen LogP contribution is -2.14. The molecule has 2 N–H and O–H groups in total. The Morgan fingerprint density at radius 2 is 2.53 bits per heavy atom. The summed E-state index contributed by atoms with van der Waals surface area (Å²) in [6, 6.07) is 0. The summed E-state index contributed by atoms with van der Waals surface area (Å²) in [7, 11) is 0. The Labute approximate surface area is 89.1 Å². The number of nitrogens with one attached hydrogen (secondary N) is 1. The fourth-order valence-corrected chi connectivity index (χ4v) is 1.78. The number of ether oxygens (including phenoxy) is 1. The molecule has 2 heterocycles. The van der Waals surface area contributed by atoms with Gasteiger partial charge in [-0.2, -0.15) is 0 Å². The van der Waals surface area contributed by atoms with Crippen molar-refractivity contribution in [1.29, 1.82) is 0 Å². The van der Waals surface area contributed by atoms with Crippen LogP contribution in [0.1, 0.15) is 17.8 Å². The van der Waals surface area contributed by atoms with Crippen molar-refractivity contribution in [3.8, 4) is 0 Å². The number of hydrogen-bond donors (Lipinski definition) is 2. The van der Waals surface area contributed by atoms with Crippen LogP contribution in [-0.4, -0.2) is 34.4 Å². The van der Waals surface area contributed by atoms with Crippen LogP contribution in [0, 0.1) is 0 Å². The normalized spacial score (nSPS) is 16.1. The summed E-state index contributed by atoms with van der Waals surface area (Å²) in [4.78, 5) is 4.33. The van der Waals surface area contributed by atoms with Gasteiger partial charge in [0.15, 0.2) is 0 Å². The van der Waals surface area contributed by atoms with E-state index in [0.717, 1.165) is 31.7 Å². The number of aryl methyl sites for hydroxylation is 1. The van der Waals surface area contributed by atoms with Crippen molar-refractivity contribution in [3.63, 3.8) is 0 Å². The number of aliphatic hydroxyl groups is 1. The number of aromatic nitrogens is 2. The second kappa shape index (κ2) is 5.25. The molecule has 1 aromatic heterocycles. The Bertz CT molecular complexity index is 312. The molecule has 5 heteroatoms. The molecule has 0 atom stereocenters. The summed E-state index contributed by atoms with van der Waals surface area (Å²) in [6.07, 6.45) is 3.01. The smallest absolute Gasteiger partial charge is 0.0953 e. The van der Waals surface area contributed by atoms with Crippen LogP contribution in [0.5, 0.6) is 0 Å². The monoisotopic (exact) mass is 211 g/mol. The molecule has 0 saturated carbocycles. The van der Waals surface area contributed by atoms with Crippen LogP contribution in [0.4, 0.5) is 0 Å². The molecule has 2 rings (SSSR count). The van der Waals surface area contributed by atoms with Crippen LogP contribution in [0.3, 0.4) is 0 Å². The maximum Gasteiger partial charge on any atom is 0.0953 e. The number of aliphatic hydroxyl groups excluding tert-OH is 1. The molecular formula is C10H17N3O2. The van der Waals surface area contributed by atoms with Crippen molar-refractivity contribution >= 4 is 0 Å². The predicted molar refractivity (Wildman–Crippen MR) is 55.3 cm³/mol. The molecule has 15 heavy (non-hydrogen) atoms. The van der Waals surface area contributed by atoms with Crippen LogP contribution in [-0.2, 0) is 24.4 Å². The molecule has 0 saturated heterocycles. The summed E-state index contributed by atoms with van der Waals surface area (Å²) in [6.45, 7) is 3.87. The van der Waals surface area contributed by atoms with Gasteiger partial charge in [-0.3, -0.25) is 0 Å². The summed E-state index contributed by atoms with van der Waals surface area (Å²) in [5.41, 5.74) is 2.20. The van der Waals surface area contributed by atoms with Crippen molar-refractivity contribution in [2.45, 2.75) is 26.1 Å². The molecular weight excluding hydrogens is 194 g/mol. The second-order valence-corrected chi connectivity index (χ2v) is 3.64. The molecule has 0 radical (unpaired) electrons. The molecule has 0 fully saturated rings. The largest absolute Gasteiger partial charge is 0.394 e. The zero-order valence-corrected chi connectivity index (χ0v) is 8.78. The van der Waals surface area contributed by atoms with Gasteiger partial charge in [-0.05, 0) is 13.0 Å². The highest BCUT2D eigenvalue weighted by atomic mass is 16.5. The zero-order valence-electron chi connectivity index (χ0n) is 8.78. The predicted octanol–water partition coefficient (Wildman–Crippen LogP) is -0.115. The highest BCUT2D eigenvalue weighted by molar-refractivity contribution is 5.13. The molecule has 0 amide bonds. The van der Waals surface area contributed by atoms with E-state index in [-0.39, 0.29) is 6.61 Å². The van der Waals surface area contributed by atoms with Crippen molar-refractivity contribution in [1.82, 2.24) is 14.9 Å². The molecule has 1 aromatic rings. The minimum atomic E-state index is 0.0638. The molecule has 0 aromatic carbocycles. The highest BCUT2D eigenvalue weighted by Crippen LogP contribution is 2.11. The number of nitrogens with zero attached hydrogens (tertiary/aromatic N) is 2. The van der Waals surface area contributed by atoms with E-state index in [1.807, 2.05) is 6.33 Å². The number of imidazole rings is 1. The van der Waals surface area contributed by atoms with Gasteiger partial charge in [0.1, 0.15) is 0 Å². The third kappa shape index (κ3) is 2.56. The standard InChI is InChI=1S/C10H17N3O2/c14-4-5-15-7-9-10-6-11-2-1-3-13(10)8-12-9/h8,11,14H,1-7H2. The Morgan fingerprint density at radius 3 is 3.40 bits per heavy atom. The lowest BCUT2D eigenvalue weighted by atomic mass is 10.3. The van der Waals surface area contributed by atoms with E-state index in [0.29, 0.717) is 13.2 Å². The van der Waals surface area contributed by atoms with Gasteiger partial charge >= 0.3 is 0 Å².